The van der Waals surface area contributed by atoms with E-state index >= 15 is 0 Å². The van der Waals surface area contributed by atoms with E-state index in [9.17, 15) is 4.79 Å². The fraction of sp³-hybridized carbons (Fsp3) is 0.300. The van der Waals surface area contributed by atoms with Crippen molar-refractivity contribution in [3.63, 3.8) is 0 Å². The lowest BCUT2D eigenvalue weighted by molar-refractivity contribution is -0.142. The number of rotatable bonds is 4. The lowest BCUT2D eigenvalue weighted by Gasteiger charge is -2.12. The van der Waals surface area contributed by atoms with Crippen molar-refractivity contribution in [2.75, 3.05) is 0 Å². The molecule has 1 unspecified atom stereocenters. The van der Waals surface area contributed by atoms with Crippen LogP contribution >= 0.6 is 0 Å². The van der Waals surface area contributed by atoms with Crippen molar-refractivity contribution in [3.05, 3.63) is 37.2 Å². The van der Waals surface area contributed by atoms with Gasteiger partial charge in [-0.25, -0.2) is 4.79 Å². The average Bonchev–Trinajstić information content (AvgIpc) is 2.56. The van der Waals surface area contributed by atoms with Crippen molar-refractivity contribution in [1.82, 2.24) is 4.57 Å². The third-order valence-corrected chi connectivity index (χ3v) is 1.62. The molecule has 3 nitrogen and oxygen atoms in total. The van der Waals surface area contributed by atoms with E-state index in [1.54, 1.807) is 0 Å². The van der Waals surface area contributed by atoms with E-state index in [1.807, 2.05) is 36.0 Å². The van der Waals surface area contributed by atoms with Gasteiger partial charge in [-0.3, -0.25) is 0 Å². The summed E-state index contributed by atoms with van der Waals surface area (Å²) in [6.07, 6.45) is 4.90. The Balaban J connectivity index is 2.37. The first-order valence-corrected chi connectivity index (χ1v) is 4.16. The van der Waals surface area contributed by atoms with Gasteiger partial charge in [0.05, 0.1) is 6.54 Å². The van der Waals surface area contributed by atoms with Gasteiger partial charge in [0.2, 0.25) is 0 Å². The molecule has 0 bridgehead atoms. The van der Waals surface area contributed by atoms with Gasteiger partial charge in [0.15, 0.2) is 0 Å². The Morgan fingerprint density at radius 3 is 2.77 bits per heavy atom. The second kappa shape index (κ2) is 4.50. The Bertz CT molecular complexity index is 277. The molecule has 1 atom stereocenters. The highest BCUT2D eigenvalue weighted by molar-refractivity contribution is 5.81. The van der Waals surface area contributed by atoms with Crippen LogP contribution in [0.25, 0.3) is 0 Å². The highest BCUT2D eigenvalue weighted by Gasteiger charge is 2.05. The Kier molecular flexibility index (Phi) is 3.31. The molecule has 0 saturated heterocycles. The molecule has 0 radical (unpaired) electrons. The molecular weight excluding hydrogens is 166 g/mol. The summed E-state index contributed by atoms with van der Waals surface area (Å²) in [6.45, 7) is 5.85. The van der Waals surface area contributed by atoms with Crippen LogP contribution in [0.3, 0.4) is 0 Å². The van der Waals surface area contributed by atoms with Gasteiger partial charge < -0.3 is 9.30 Å². The summed E-state index contributed by atoms with van der Waals surface area (Å²) < 4.78 is 6.95. The monoisotopic (exact) mass is 179 g/mol. The van der Waals surface area contributed by atoms with Crippen LogP contribution in [0.1, 0.15) is 6.92 Å². The molecule has 0 fully saturated rings. The molecule has 1 aromatic rings. The molecule has 0 aliphatic carbocycles. The van der Waals surface area contributed by atoms with E-state index < -0.39 is 0 Å². The minimum absolute atomic E-state index is 0.127. The zero-order valence-corrected chi connectivity index (χ0v) is 7.64. The third kappa shape index (κ3) is 3.15. The van der Waals surface area contributed by atoms with Crippen molar-refractivity contribution in [2.24, 2.45) is 0 Å². The molecule has 13 heavy (non-hydrogen) atoms. The van der Waals surface area contributed by atoms with Crippen molar-refractivity contribution >= 4 is 5.97 Å². The zero-order valence-electron chi connectivity index (χ0n) is 7.64. The smallest absolute Gasteiger partial charge is 0.330 e. The van der Waals surface area contributed by atoms with Crippen LogP contribution in [-0.2, 0) is 16.1 Å². The van der Waals surface area contributed by atoms with Gasteiger partial charge >= 0.3 is 5.97 Å². The number of ether oxygens (including phenoxy) is 1. The minimum atomic E-state index is -0.375. The average molecular weight is 179 g/mol. The molecule has 0 spiro atoms. The van der Waals surface area contributed by atoms with Crippen LogP contribution in [0.15, 0.2) is 37.2 Å². The Morgan fingerprint density at radius 1 is 1.62 bits per heavy atom. The number of hydrogen-bond acceptors (Lipinski definition) is 2. The number of esters is 1. The van der Waals surface area contributed by atoms with Crippen LogP contribution in [-0.4, -0.2) is 16.6 Å². The van der Waals surface area contributed by atoms with Crippen molar-refractivity contribution in [3.8, 4) is 0 Å². The first-order valence-electron chi connectivity index (χ1n) is 4.16. The summed E-state index contributed by atoms with van der Waals surface area (Å²) in [5.74, 6) is -0.375. The summed E-state index contributed by atoms with van der Waals surface area (Å²) >= 11 is 0. The van der Waals surface area contributed by atoms with E-state index in [1.165, 1.54) is 6.08 Å². The molecule has 0 amide bonds. The fourth-order valence-corrected chi connectivity index (χ4v) is 1.07. The Labute approximate surface area is 77.6 Å². The van der Waals surface area contributed by atoms with Crippen LogP contribution in [0, 0.1) is 0 Å². The van der Waals surface area contributed by atoms with E-state index in [2.05, 4.69) is 6.58 Å². The molecule has 0 N–H and O–H groups in total. The second-order valence-corrected chi connectivity index (χ2v) is 2.83. The van der Waals surface area contributed by atoms with Crippen molar-refractivity contribution in [2.45, 2.75) is 19.6 Å². The molecule has 1 rings (SSSR count). The molecule has 0 aliphatic heterocycles. The molecular formula is C10H13NO2. The number of hydrogen-bond donors (Lipinski definition) is 0. The Hall–Kier alpha value is -1.51. The topological polar surface area (TPSA) is 31.2 Å². The number of nitrogens with zero attached hydrogens (tertiary/aromatic N) is 1. The summed E-state index contributed by atoms with van der Waals surface area (Å²) in [5, 5.41) is 0. The van der Waals surface area contributed by atoms with Crippen molar-refractivity contribution < 1.29 is 9.53 Å². The van der Waals surface area contributed by atoms with Gasteiger partial charge in [-0.2, -0.15) is 0 Å². The largest absolute Gasteiger partial charge is 0.458 e. The van der Waals surface area contributed by atoms with Crippen LogP contribution in [0.5, 0.6) is 0 Å². The van der Waals surface area contributed by atoms with Crippen LogP contribution in [0.4, 0.5) is 0 Å². The van der Waals surface area contributed by atoms with E-state index in [0.29, 0.717) is 6.54 Å². The van der Waals surface area contributed by atoms with Gasteiger partial charge in [-0.15, -0.1) is 0 Å². The summed E-state index contributed by atoms with van der Waals surface area (Å²) in [5.41, 5.74) is 0. The summed E-state index contributed by atoms with van der Waals surface area (Å²) in [6, 6.07) is 3.87. The SMILES string of the molecule is C=CC(=O)OC(C)Cn1cccc1. The van der Waals surface area contributed by atoms with Gasteiger partial charge in [0, 0.05) is 18.5 Å². The van der Waals surface area contributed by atoms with Gasteiger partial charge in [0.25, 0.3) is 0 Å². The third-order valence-electron chi connectivity index (χ3n) is 1.62. The standard InChI is InChI=1S/C10H13NO2/c1-3-10(12)13-9(2)8-11-6-4-5-7-11/h3-7,9H,1,8H2,2H3. The molecule has 70 valence electrons. The summed E-state index contributed by atoms with van der Waals surface area (Å²) in [7, 11) is 0. The number of carbonyl (C=O) groups excluding carboxylic acids is 1. The van der Waals surface area contributed by atoms with Gasteiger partial charge in [-0.1, -0.05) is 6.58 Å². The maximum Gasteiger partial charge on any atom is 0.330 e. The lowest BCUT2D eigenvalue weighted by atomic mass is 10.4. The number of aromatic nitrogens is 1. The molecule has 3 heteroatoms. The van der Waals surface area contributed by atoms with E-state index in [0.717, 1.165) is 0 Å². The van der Waals surface area contributed by atoms with Crippen LogP contribution < -0.4 is 0 Å². The lowest BCUT2D eigenvalue weighted by Crippen LogP contribution is -2.18. The summed E-state index contributed by atoms with van der Waals surface area (Å²) in [4.78, 5) is 10.8. The zero-order chi connectivity index (χ0) is 9.68. The first kappa shape index (κ1) is 9.58. The molecule has 1 heterocycles. The highest BCUT2D eigenvalue weighted by atomic mass is 16.5. The molecule has 1 aromatic heterocycles. The molecule has 0 aliphatic rings. The maximum atomic E-state index is 10.8. The number of carbonyl (C=O) groups is 1. The highest BCUT2D eigenvalue weighted by Crippen LogP contribution is 1.98. The van der Waals surface area contributed by atoms with Gasteiger partial charge in [0.1, 0.15) is 6.10 Å². The van der Waals surface area contributed by atoms with Crippen molar-refractivity contribution in [1.29, 1.82) is 0 Å². The molecule has 0 saturated carbocycles. The van der Waals surface area contributed by atoms with Crippen LogP contribution in [0.2, 0.25) is 0 Å². The minimum Gasteiger partial charge on any atom is -0.458 e. The maximum absolute atomic E-state index is 10.8. The fourth-order valence-electron chi connectivity index (χ4n) is 1.07. The quantitative estimate of drug-likeness (QED) is 0.519. The first-order chi connectivity index (χ1) is 6.22. The molecule has 0 aromatic carbocycles. The van der Waals surface area contributed by atoms with E-state index in [-0.39, 0.29) is 12.1 Å². The van der Waals surface area contributed by atoms with E-state index in [4.69, 9.17) is 4.74 Å². The Morgan fingerprint density at radius 2 is 2.23 bits per heavy atom. The second-order valence-electron chi connectivity index (χ2n) is 2.83. The predicted molar refractivity (Wildman–Crippen MR) is 50.2 cm³/mol. The normalized spacial score (nSPS) is 12.1. The van der Waals surface area contributed by atoms with Gasteiger partial charge in [-0.05, 0) is 19.1 Å². The predicted octanol–water partition coefficient (Wildman–Crippen LogP) is 1.61.